The molecule has 1 atom stereocenters. The second kappa shape index (κ2) is 6.16. The lowest BCUT2D eigenvalue weighted by molar-refractivity contribution is -0.137. The number of carboxylic acids is 1. The summed E-state index contributed by atoms with van der Waals surface area (Å²) < 4.78 is 0. The number of benzene rings is 1. The summed E-state index contributed by atoms with van der Waals surface area (Å²) in [5.74, 6) is -0.880. The van der Waals surface area contributed by atoms with E-state index < -0.39 is 12.1 Å². The van der Waals surface area contributed by atoms with Crippen molar-refractivity contribution in [2.75, 3.05) is 6.54 Å². The summed E-state index contributed by atoms with van der Waals surface area (Å²) in [6.07, 6.45) is 0.342. The van der Waals surface area contributed by atoms with Crippen molar-refractivity contribution in [1.82, 2.24) is 5.32 Å². The van der Waals surface area contributed by atoms with Crippen LogP contribution in [0.3, 0.4) is 0 Å². The van der Waals surface area contributed by atoms with Gasteiger partial charge in [0, 0.05) is 6.54 Å². The average molecular weight is 208 g/mol. The molecule has 0 saturated heterocycles. The van der Waals surface area contributed by atoms with Crippen LogP contribution in [-0.4, -0.2) is 23.8 Å². The van der Waals surface area contributed by atoms with Crippen molar-refractivity contribution < 1.29 is 9.90 Å². The van der Waals surface area contributed by atoms with Crippen molar-refractivity contribution in [1.29, 1.82) is 0 Å². The summed E-state index contributed by atoms with van der Waals surface area (Å²) in [6.45, 7) is 0.693. The largest absolute Gasteiger partial charge is 0.481 e. The smallest absolute Gasteiger partial charge is 0.306 e. The molecule has 4 heteroatoms. The van der Waals surface area contributed by atoms with E-state index >= 15 is 0 Å². The third-order valence-electron chi connectivity index (χ3n) is 2.06. The van der Waals surface area contributed by atoms with Gasteiger partial charge in [0.05, 0.1) is 12.6 Å². The Hall–Kier alpha value is -1.39. The SMILES string of the molecule is NC(CC(=O)O)NCCc1ccccc1. The van der Waals surface area contributed by atoms with Gasteiger partial charge < -0.3 is 16.2 Å². The molecule has 0 heterocycles. The first-order valence-corrected chi connectivity index (χ1v) is 4.93. The van der Waals surface area contributed by atoms with E-state index in [0.29, 0.717) is 6.54 Å². The van der Waals surface area contributed by atoms with Crippen LogP contribution in [0.4, 0.5) is 0 Å². The van der Waals surface area contributed by atoms with Crippen LogP contribution in [0.5, 0.6) is 0 Å². The minimum Gasteiger partial charge on any atom is -0.481 e. The molecule has 4 N–H and O–H groups in total. The summed E-state index contributed by atoms with van der Waals surface area (Å²) in [5, 5.41) is 11.4. The van der Waals surface area contributed by atoms with Gasteiger partial charge in [0.2, 0.25) is 0 Å². The number of aliphatic carboxylic acids is 1. The van der Waals surface area contributed by atoms with Gasteiger partial charge in [-0.1, -0.05) is 30.3 Å². The fourth-order valence-corrected chi connectivity index (χ4v) is 1.31. The van der Waals surface area contributed by atoms with Gasteiger partial charge >= 0.3 is 5.97 Å². The van der Waals surface area contributed by atoms with Crippen LogP contribution < -0.4 is 11.1 Å². The van der Waals surface area contributed by atoms with Crippen molar-refractivity contribution >= 4 is 5.97 Å². The van der Waals surface area contributed by atoms with Crippen LogP contribution in [0.1, 0.15) is 12.0 Å². The zero-order chi connectivity index (χ0) is 11.1. The molecule has 1 rings (SSSR count). The Kier molecular flexibility index (Phi) is 4.80. The molecule has 0 spiro atoms. The van der Waals surface area contributed by atoms with Crippen LogP contribution in [0.2, 0.25) is 0 Å². The Morgan fingerprint density at radius 2 is 2.07 bits per heavy atom. The number of nitrogens with two attached hydrogens (primary N) is 1. The molecule has 0 aliphatic carbocycles. The molecule has 1 aromatic rings. The van der Waals surface area contributed by atoms with E-state index in [0.717, 1.165) is 6.42 Å². The number of rotatable bonds is 6. The number of nitrogens with one attached hydrogen (secondary N) is 1. The fourth-order valence-electron chi connectivity index (χ4n) is 1.31. The second-order valence-electron chi connectivity index (χ2n) is 3.39. The van der Waals surface area contributed by atoms with E-state index in [1.165, 1.54) is 5.56 Å². The van der Waals surface area contributed by atoms with E-state index in [2.05, 4.69) is 5.32 Å². The van der Waals surface area contributed by atoms with Crippen molar-refractivity contribution in [2.45, 2.75) is 19.0 Å². The number of carboxylic acid groups (broad SMARTS) is 1. The maximum atomic E-state index is 10.3. The molecule has 0 amide bonds. The lowest BCUT2D eigenvalue weighted by Crippen LogP contribution is -2.40. The molecular weight excluding hydrogens is 192 g/mol. The number of hydrogen-bond donors (Lipinski definition) is 3. The maximum Gasteiger partial charge on any atom is 0.306 e. The minimum absolute atomic E-state index is 0.0468. The van der Waals surface area contributed by atoms with Gasteiger partial charge in [-0.3, -0.25) is 4.79 Å². The lowest BCUT2D eigenvalue weighted by Gasteiger charge is -2.10. The van der Waals surface area contributed by atoms with Gasteiger partial charge in [-0.25, -0.2) is 0 Å². The van der Waals surface area contributed by atoms with E-state index in [9.17, 15) is 4.79 Å². The van der Waals surface area contributed by atoms with Gasteiger partial charge in [0.15, 0.2) is 0 Å². The normalized spacial score (nSPS) is 12.3. The highest BCUT2D eigenvalue weighted by molar-refractivity contribution is 5.67. The standard InChI is InChI=1S/C11H16N2O2/c12-10(8-11(14)15)13-7-6-9-4-2-1-3-5-9/h1-5,10,13H,6-8,12H2,(H,14,15). The van der Waals surface area contributed by atoms with Crippen LogP contribution in [-0.2, 0) is 11.2 Å². The summed E-state index contributed by atoms with van der Waals surface area (Å²) in [6, 6.07) is 9.99. The predicted molar refractivity (Wildman–Crippen MR) is 58.4 cm³/mol. The number of hydrogen-bond acceptors (Lipinski definition) is 3. The highest BCUT2D eigenvalue weighted by Gasteiger charge is 2.05. The molecular formula is C11H16N2O2. The van der Waals surface area contributed by atoms with Gasteiger partial charge in [0.1, 0.15) is 0 Å². The van der Waals surface area contributed by atoms with Crippen molar-refractivity contribution in [3.63, 3.8) is 0 Å². The molecule has 0 saturated carbocycles. The molecule has 0 aromatic heterocycles. The Morgan fingerprint density at radius 3 is 2.67 bits per heavy atom. The fraction of sp³-hybridized carbons (Fsp3) is 0.364. The second-order valence-corrected chi connectivity index (χ2v) is 3.39. The predicted octanol–water partition coefficient (Wildman–Crippen LogP) is 0.578. The Bertz CT molecular complexity index is 301. The topological polar surface area (TPSA) is 75.4 Å². The van der Waals surface area contributed by atoms with Crippen LogP contribution in [0.15, 0.2) is 30.3 Å². The van der Waals surface area contributed by atoms with Gasteiger partial charge in [-0.2, -0.15) is 0 Å². The van der Waals surface area contributed by atoms with Crippen molar-refractivity contribution in [2.24, 2.45) is 5.73 Å². The molecule has 0 fully saturated rings. The Balaban J connectivity index is 2.19. The third kappa shape index (κ3) is 5.15. The molecule has 1 unspecified atom stereocenters. The molecule has 0 radical (unpaired) electrons. The monoisotopic (exact) mass is 208 g/mol. The first kappa shape index (κ1) is 11.7. The highest BCUT2D eigenvalue weighted by Crippen LogP contribution is 1.98. The van der Waals surface area contributed by atoms with E-state index in [-0.39, 0.29) is 6.42 Å². The Morgan fingerprint density at radius 1 is 1.40 bits per heavy atom. The first-order chi connectivity index (χ1) is 7.18. The molecule has 82 valence electrons. The molecule has 1 aromatic carbocycles. The quantitative estimate of drug-likeness (QED) is 0.598. The van der Waals surface area contributed by atoms with Gasteiger partial charge in [-0.05, 0) is 12.0 Å². The summed E-state index contributed by atoms with van der Waals surface area (Å²) >= 11 is 0. The average Bonchev–Trinajstić information content (AvgIpc) is 2.18. The number of carbonyl (C=O) groups is 1. The summed E-state index contributed by atoms with van der Waals surface area (Å²) in [4.78, 5) is 10.3. The molecule has 4 nitrogen and oxygen atoms in total. The molecule has 0 aliphatic heterocycles. The lowest BCUT2D eigenvalue weighted by atomic mass is 10.1. The van der Waals surface area contributed by atoms with Gasteiger partial charge in [-0.15, -0.1) is 0 Å². The minimum atomic E-state index is -0.880. The molecule has 0 aliphatic rings. The third-order valence-corrected chi connectivity index (χ3v) is 2.06. The zero-order valence-corrected chi connectivity index (χ0v) is 8.52. The first-order valence-electron chi connectivity index (χ1n) is 4.93. The van der Waals surface area contributed by atoms with E-state index in [1.807, 2.05) is 30.3 Å². The molecule has 15 heavy (non-hydrogen) atoms. The van der Waals surface area contributed by atoms with Crippen molar-refractivity contribution in [3.8, 4) is 0 Å². The zero-order valence-electron chi connectivity index (χ0n) is 8.52. The van der Waals surface area contributed by atoms with Crippen LogP contribution in [0, 0.1) is 0 Å². The van der Waals surface area contributed by atoms with E-state index in [1.54, 1.807) is 0 Å². The molecule has 0 bridgehead atoms. The van der Waals surface area contributed by atoms with Crippen molar-refractivity contribution in [3.05, 3.63) is 35.9 Å². The van der Waals surface area contributed by atoms with Crippen LogP contribution in [0.25, 0.3) is 0 Å². The maximum absolute atomic E-state index is 10.3. The summed E-state index contributed by atoms with van der Waals surface area (Å²) in [7, 11) is 0. The Labute approximate surface area is 89.1 Å². The van der Waals surface area contributed by atoms with Crippen LogP contribution >= 0.6 is 0 Å². The van der Waals surface area contributed by atoms with Gasteiger partial charge in [0.25, 0.3) is 0 Å². The van der Waals surface area contributed by atoms with E-state index in [4.69, 9.17) is 10.8 Å². The highest BCUT2D eigenvalue weighted by atomic mass is 16.4. The summed E-state index contributed by atoms with van der Waals surface area (Å²) in [5.41, 5.74) is 6.76.